The highest BCUT2D eigenvalue weighted by Crippen LogP contribution is 2.13. The van der Waals surface area contributed by atoms with E-state index in [0.29, 0.717) is 29.6 Å². The highest BCUT2D eigenvalue weighted by atomic mass is 16.1. The zero-order chi connectivity index (χ0) is 13.8. The van der Waals surface area contributed by atoms with E-state index in [4.69, 9.17) is 0 Å². The van der Waals surface area contributed by atoms with Crippen LogP contribution in [0.3, 0.4) is 0 Å². The van der Waals surface area contributed by atoms with Crippen molar-refractivity contribution in [1.82, 2.24) is 30.5 Å². The van der Waals surface area contributed by atoms with Crippen molar-refractivity contribution < 1.29 is 4.79 Å². The molecule has 100 valence electrons. The quantitative estimate of drug-likeness (QED) is 0.726. The predicted molar refractivity (Wildman–Crippen MR) is 72.0 cm³/mol. The molecule has 1 aromatic carbocycles. The summed E-state index contributed by atoms with van der Waals surface area (Å²) in [6.07, 6.45) is 5.22. The number of nitrogens with one attached hydrogen (secondary N) is 2. The highest BCUT2D eigenvalue weighted by Gasteiger charge is 2.10. The summed E-state index contributed by atoms with van der Waals surface area (Å²) in [5.74, 6) is 0.568. The van der Waals surface area contributed by atoms with Gasteiger partial charge in [-0.25, -0.2) is 4.98 Å². The molecule has 1 amide bonds. The Labute approximate surface area is 114 Å². The Balaban J connectivity index is 1.72. The van der Waals surface area contributed by atoms with Crippen molar-refractivity contribution in [3.05, 3.63) is 48.3 Å². The number of H-pyrrole nitrogens is 1. The number of benzene rings is 1. The second-order valence-electron chi connectivity index (χ2n) is 4.17. The van der Waals surface area contributed by atoms with E-state index in [-0.39, 0.29) is 5.91 Å². The highest BCUT2D eigenvalue weighted by molar-refractivity contribution is 6.04. The third-order valence-electron chi connectivity index (χ3n) is 2.86. The number of carbonyl (C=O) groups excluding carboxylic acids is 1. The maximum Gasteiger partial charge on any atom is 0.253 e. The Hall–Kier alpha value is -2.83. The third-order valence-corrected chi connectivity index (χ3v) is 2.86. The molecule has 0 aliphatic rings. The van der Waals surface area contributed by atoms with Gasteiger partial charge in [-0.2, -0.15) is 5.10 Å². The molecule has 0 atom stereocenters. The number of fused-ring (bicyclic) bond motifs is 1. The fraction of sp³-hybridized carbons (Fsp3) is 0.154. The molecule has 20 heavy (non-hydrogen) atoms. The van der Waals surface area contributed by atoms with Crippen LogP contribution < -0.4 is 5.32 Å². The molecule has 3 aromatic rings. The van der Waals surface area contributed by atoms with Gasteiger partial charge in [0.15, 0.2) is 0 Å². The number of para-hydroxylation sites is 1. The topological polar surface area (TPSA) is 96.5 Å². The number of aromatic amines is 1. The minimum atomic E-state index is -0.171. The summed E-state index contributed by atoms with van der Waals surface area (Å²) in [5, 5.41) is 9.33. The smallest absolute Gasteiger partial charge is 0.253 e. The first-order valence-electron chi connectivity index (χ1n) is 6.17. The van der Waals surface area contributed by atoms with Crippen LogP contribution in [0.1, 0.15) is 16.2 Å². The van der Waals surface area contributed by atoms with Crippen molar-refractivity contribution in [2.24, 2.45) is 0 Å². The summed E-state index contributed by atoms with van der Waals surface area (Å²) >= 11 is 0. The zero-order valence-electron chi connectivity index (χ0n) is 10.6. The lowest BCUT2D eigenvalue weighted by molar-refractivity contribution is 0.0955. The standard InChI is InChI=1S/C13H12N6O/c20-13(16-5-4-11-17-8-18-19-11)9-2-1-3-10-12(9)15-7-6-14-10/h1-3,6-8H,4-5H2,(H,16,20)(H,17,18,19). The van der Waals surface area contributed by atoms with Gasteiger partial charge in [-0.3, -0.25) is 19.9 Å². The Morgan fingerprint density at radius 2 is 2.10 bits per heavy atom. The van der Waals surface area contributed by atoms with Crippen LogP contribution >= 0.6 is 0 Å². The van der Waals surface area contributed by atoms with E-state index in [0.717, 1.165) is 5.82 Å². The van der Waals surface area contributed by atoms with Gasteiger partial charge in [-0.15, -0.1) is 0 Å². The van der Waals surface area contributed by atoms with Gasteiger partial charge in [0, 0.05) is 25.4 Å². The van der Waals surface area contributed by atoms with Crippen molar-refractivity contribution in [2.75, 3.05) is 6.54 Å². The molecule has 0 fully saturated rings. The molecule has 7 nitrogen and oxygen atoms in total. The van der Waals surface area contributed by atoms with Gasteiger partial charge >= 0.3 is 0 Å². The number of nitrogens with zero attached hydrogens (tertiary/aromatic N) is 4. The van der Waals surface area contributed by atoms with Gasteiger partial charge < -0.3 is 5.32 Å². The number of amides is 1. The van der Waals surface area contributed by atoms with E-state index >= 15 is 0 Å². The predicted octanol–water partition coefficient (Wildman–Crippen LogP) is 0.720. The second kappa shape index (κ2) is 5.43. The molecule has 0 spiro atoms. The first kappa shape index (κ1) is 12.2. The van der Waals surface area contributed by atoms with E-state index in [9.17, 15) is 4.79 Å². The minimum absolute atomic E-state index is 0.171. The van der Waals surface area contributed by atoms with Gasteiger partial charge in [0.2, 0.25) is 0 Å². The summed E-state index contributed by atoms with van der Waals surface area (Å²) in [6, 6.07) is 5.36. The van der Waals surface area contributed by atoms with Crippen molar-refractivity contribution in [3.8, 4) is 0 Å². The van der Waals surface area contributed by atoms with Crippen molar-refractivity contribution >= 4 is 16.9 Å². The normalized spacial score (nSPS) is 10.6. The first-order chi connectivity index (χ1) is 9.84. The Morgan fingerprint density at radius 1 is 1.20 bits per heavy atom. The van der Waals surface area contributed by atoms with Crippen molar-refractivity contribution in [3.63, 3.8) is 0 Å². The molecule has 2 N–H and O–H groups in total. The van der Waals surface area contributed by atoms with Crippen LogP contribution in [0.15, 0.2) is 36.9 Å². The SMILES string of the molecule is O=C(NCCc1ncn[nH]1)c1cccc2nccnc12. The first-order valence-corrected chi connectivity index (χ1v) is 6.17. The Bertz CT molecular complexity index is 719. The molecule has 0 aliphatic heterocycles. The lowest BCUT2D eigenvalue weighted by Crippen LogP contribution is -2.26. The molecule has 0 radical (unpaired) electrons. The number of hydrogen-bond acceptors (Lipinski definition) is 5. The van der Waals surface area contributed by atoms with Gasteiger partial charge in [0.25, 0.3) is 5.91 Å². The molecule has 0 aliphatic carbocycles. The molecule has 2 aromatic heterocycles. The molecular formula is C13H12N6O. The van der Waals surface area contributed by atoms with E-state index in [1.165, 1.54) is 6.33 Å². The van der Waals surface area contributed by atoms with Crippen LogP contribution in [0.4, 0.5) is 0 Å². The van der Waals surface area contributed by atoms with E-state index in [1.54, 1.807) is 24.5 Å². The van der Waals surface area contributed by atoms with Crippen LogP contribution in [0.2, 0.25) is 0 Å². The summed E-state index contributed by atoms with van der Waals surface area (Å²) in [4.78, 5) is 24.5. The molecule has 0 saturated heterocycles. The van der Waals surface area contributed by atoms with E-state index < -0.39 is 0 Å². The number of carbonyl (C=O) groups is 1. The van der Waals surface area contributed by atoms with Gasteiger partial charge in [-0.1, -0.05) is 6.07 Å². The summed E-state index contributed by atoms with van der Waals surface area (Å²) in [7, 11) is 0. The summed E-state index contributed by atoms with van der Waals surface area (Å²) in [5.41, 5.74) is 1.83. The van der Waals surface area contributed by atoms with Gasteiger partial charge in [0.05, 0.1) is 11.1 Å². The summed E-state index contributed by atoms with van der Waals surface area (Å²) in [6.45, 7) is 0.477. The Morgan fingerprint density at radius 3 is 2.95 bits per heavy atom. The number of rotatable bonds is 4. The fourth-order valence-electron chi connectivity index (χ4n) is 1.92. The minimum Gasteiger partial charge on any atom is -0.352 e. The maximum absolute atomic E-state index is 12.2. The number of hydrogen-bond donors (Lipinski definition) is 2. The second-order valence-corrected chi connectivity index (χ2v) is 4.17. The molecule has 0 bridgehead atoms. The molecule has 2 heterocycles. The summed E-state index contributed by atoms with van der Waals surface area (Å²) < 4.78 is 0. The lowest BCUT2D eigenvalue weighted by atomic mass is 10.1. The van der Waals surface area contributed by atoms with E-state index in [2.05, 4.69) is 30.5 Å². The van der Waals surface area contributed by atoms with Crippen LogP contribution in [-0.4, -0.2) is 37.6 Å². The lowest BCUT2D eigenvalue weighted by Gasteiger charge is -2.06. The molecule has 3 rings (SSSR count). The third kappa shape index (κ3) is 2.46. The van der Waals surface area contributed by atoms with Crippen molar-refractivity contribution in [2.45, 2.75) is 6.42 Å². The largest absolute Gasteiger partial charge is 0.352 e. The fourth-order valence-corrected chi connectivity index (χ4v) is 1.92. The monoisotopic (exact) mass is 268 g/mol. The zero-order valence-corrected chi connectivity index (χ0v) is 10.6. The van der Waals surface area contributed by atoms with Crippen LogP contribution in [-0.2, 0) is 6.42 Å². The number of aromatic nitrogens is 5. The van der Waals surface area contributed by atoms with Crippen molar-refractivity contribution in [1.29, 1.82) is 0 Å². The molecule has 7 heteroatoms. The molecular weight excluding hydrogens is 256 g/mol. The Kier molecular flexibility index (Phi) is 3.32. The van der Waals surface area contributed by atoms with Gasteiger partial charge in [-0.05, 0) is 12.1 Å². The molecule has 0 saturated carbocycles. The van der Waals surface area contributed by atoms with Crippen LogP contribution in [0.25, 0.3) is 11.0 Å². The molecule has 0 unspecified atom stereocenters. The average molecular weight is 268 g/mol. The maximum atomic E-state index is 12.2. The van der Waals surface area contributed by atoms with Crippen LogP contribution in [0, 0.1) is 0 Å². The van der Waals surface area contributed by atoms with Gasteiger partial charge in [0.1, 0.15) is 17.7 Å². The van der Waals surface area contributed by atoms with Crippen LogP contribution in [0.5, 0.6) is 0 Å². The van der Waals surface area contributed by atoms with E-state index in [1.807, 2.05) is 6.07 Å². The average Bonchev–Trinajstić information content (AvgIpc) is 3.00.